The number of hydrazone groups is 1. The molecule has 1 N–H and O–H groups in total. The van der Waals surface area contributed by atoms with Crippen LogP contribution in [-0.4, -0.2) is 19.3 Å². The molecular formula is C19H15N2O3-. The Morgan fingerprint density at radius 3 is 2.54 bits per heavy atom. The minimum atomic E-state index is -1.23. The van der Waals surface area contributed by atoms with Crippen molar-refractivity contribution in [1.82, 2.24) is 0 Å². The highest BCUT2D eigenvalue weighted by molar-refractivity contribution is 6.08. The van der Waals surface area contributed by atoms with Gasteiger partial charge in [0.25, 0.3) is 0 Å². The number of ether oxygens (including phenoxy) is 1. The Hall–Kier alpha value is -3.34. The first-order valence-corrected chi connectivity index (χ1v) is 7.35. The molecule has 5 nitrogen and oxygen atoms in total. The maximum Gasteiger partial charge on any atom is 0.119 e. The van der Waals surface area contributed by atoms with E-state index in [2.05, 4.69) is 10.5 Å². The van der Waals surface area contributed by atoms with Crippen molar-refractivity contribution in [3.63, 3.8) is 0 Å². The van der Waals surface area contributed by atoms with Crippen molar-refractivity contribution < 1.29 is 14.6 Å². The van der Waals surface area contributed by atoms with E-state index in [0.717, 1.165) is 22.2 Å². The number of nitrogens with zero attached hydrogens (tertiary/aromatic N) is 1. The molecule has 0 aromatic heterocycles. The van der Waals surface area contributed by atoms with Gasteiger partial charge in [-0.25, -0.2) is 0 Å². The summed E-state index contributed by atoms with van der Waals surface area (Å²) < 4.78 is 5.09. The average Bonchev–Trinajstić information content (AvgIpc) is 2.62. The fourth-order valence-corrected chi connectivity index (χ4v) is 2.45. The summed E-state index contributed by atoms with van der Waals surface area (Å²) >= 11 is 0. The van der Waals surface area contributed by atoms with Gasteiger partial charge in [-0.15, -0.1) is 0 Å². The second kappa shape index (κ2) is 6.83. The number of anilines is 1. The molecule has 3 aromatic rings. The van der Waals surface area contributed by atoms with E-state index in [4.69, 9.17) is 4.74 Å². The molecule has 24 heavy (non-hydrogen) atoms. The molecule has 5 heteroatoms. The predicted molar refractivity (Wildman–Crippen MR) is 92.5 cm³/mol. The van der Waals surface area contributed by atoms with Gasteiger partial charge in [-0.1, -0.05) is 36.4 Å². The Labute approximate surface area is 139 Å². The van der Waals surface area contributed by atoms with Crippen molar-refractivity contribution in [2.45, 2.75) is 0 Å². The smallest absolute Gasteiger partial charge is 0.119 e. The van der Waals surface area contributed by atoms with Crippen molar-refractivity contribution in [3.05, 3.63) is 71.8 Å². The Morgan fingerprint density at radius 1 is 1.08 bits per heavy atom. The Bertz CT molecular complexity index is 902. The third kappa shape index (κ3) is 3.20. The zero-order valence-corrected chi connectivity index (χ0v) is 13.0. The topological polar surface area (TPSA) is 73.8 Å². The van der Waals surface area contributed by atoms with Crippen molar-refractivity contribution in [3.8, 4) is 5.75 Å². The number of methoxy groups -OCH3 is 1. The van der Waals surface area contributed by atoms with E-state index in [1.54, 1.807) is 13.2 Å². The number of carbonyl (C=O) groups excluding carboxylic acids is 1. The largest absolute Gasteiger partial charge is 0.545 e. The molecule has 0 radical (unpaired) electrons. The molecule has 0 saturated heterocycles. The number of benzene rings is 3. The highest BCUT2D eigenvalue weighted by atomic mass is 16.5. The molecule has 0 heterocycles. The molecule has 0 aliphatic carbocycles. The van der Waals surface area contributed by atoms with Crippen LogP contribution in [0, 0.1) is 0 Å². The summed E-state index contributed by atoms with van der Waals surface area (Å²) in [6.45, 7) is 0. The van der Waals surface area contributed by atoms with E-state index in [0.29, 0.717) is 5.56 Å². The van der Waals surface area contributed by atoms with Crippen LogP contribution >= 0.6 is 0 Å². The summed E-state index contributed by atoms with van der Waals surface area (Å²) in [7, 11) is 1.60. The van der Waals surface area contributed by atoms with Crippen LogP contribution in [0.4, 0.5) is 5.69 Å². The molecule has 0 saturated carbocycles. The quantitative estimate of drug-likeness (QED) is 0.579. The number of aromatic carboxylic acids is 1. The zero-order valence-electron chi connectivity index (χ0n) is 13.0. The third-order valence-corrected chi connectivity index (χ3v) is 3.67. The number of nitrogens with one attached hydrogen (secondary N) is 1. The van der Waals surface area contributed by atoms with Gasteiger partial charge in [0.1, 0.15) is 5.75 Å². The minimum Gasteiger partial charge on any atom is -0.545 e. The number of carboxylic acid groups (broad SMARTS) is 1. The summed E-state index contributed by atoms with van der Waals surface area (Å²) in [4.78, 5) is 11.4. The van der Waals surface area contributed by atoms with Crippen LogP contribution in [0.1, 0.15) is 15.9 Å². The normalized spacial score (nSPS) is 10.9. The van der Waals surface area contributed by atoms with Gasteiger partial charge in [-0.2, -0.15) is 5.10 Å². The SMILES string of the molecule is COc1ccc(N/N=C\c2c(C(=O)[O-])ccc3ccccc23)cc1. The van der Waals surface area contributed by atoms with Crippen molar-refractivity contribution in [1.29, 1.82) is 0 Å². The van der Waals surface area contributed by atoms with E-state index in [-0.39, 0.29) is 5.56 Å². The van der Waals surface area contributed by atoms with Crippen molar-refractivity contribution >= 4 is 28.6 Å². The fourth-order valence-electron chi connectivity index (χ4n) is 2.45. The Morgan fingerprint density at radius 2 is 1.83 bits per heavy atom. The molecule has 0 aliphatic heterocycles. The number of carboxylic acids is 1. The van der Waals surface area contributed by atoms with Crippen molar-refractivity contribution in [2.24, 2.45) is 5.10 Å². The second-order valence-electron chi connectivity index (χ2n) is 5.13. The van der Waals surface area contributed by atoms with Crippen LogP contribution < -0.4 is 15.3 Å². The summed E-state index contributed by atoms with van der Waals surface area (Å²) in [5.41, 5.74) is 4.26. The fraction of sp³-hybridized carbons (Fsp3) is 0.0526. The lowest BCUT2D eigenvalue weighted by molar-refractivity contribution is -0.255. The van der Waals surface area contributed by atoms with Crippen molar-refractivity contribution in [2.75, 3.05) is 12.5 Å². The maximum atomic E-state index is 11.4. The number of carbonyl (C=O) groups is 1. The summed E-state index contributed by atoms with van der Waals surface area (Å²) in [5, 5.41) is 17.3. The predicted octanol–water partition coefficient (Wildman–Crippen LogP) is 2.66. The first-order chi connectivity index (χ1) is 11.7. The second-order valence-corrected chi connectivity index (χ2v) is 5.13. The van der Waals surface area contributed by atoms with Crippen LogP contribution in [-0.2, 0) is 0 Å². The zero-order chi connectivity index (χ0) is 16.9. The van der Waals surface area contributed by atoms with E-state index in [1.165, 1.54) is 12.3 Å². The molecule has 0 unspecified atom stereocenters. The monoisotopic (exact) mass is 319 g/mol. The number of fused-ring (bicyclic) bond motifs is 1. The van der Waals surface area contributed by atoms with Crippen LogP contribution in [0.25, 0.3) is 10.8 Å². The molecule has 3 rings (SSSR count). The molecule has 0 atom stereocenters. The standard InChI is InChI=1S/C19H16N2O3/c1-24-15-9-7-14(8-10-15)21-20-12-18-16-5-3-2-4-13(16)6-11-17(18)19(22)23/h2-12,21H,1H3,(H,22,23)/p-1/b20-12-. The van der Waals surface area contributed by atoms with Crippen LogP contribution in [0.5, 0.6) is 5.75 Å². The number of rotatable bonds is 5. The lowest BCUT2D eigenvalue weighted by atomic mass is 10.00. The number of hydrogen-bond acceptors (Lipinski definition) is 5. The van der Waals surface area contributed by atoms with E-state index in [1.807, 2.05) is 48.5 Å². The highest BCUT2D eigenvalue weighted by Crippen LogP contribution is 2.21. The van der Waals surface area contributed by atoms with Crippen LogP contribution in [0.15, 0.2) is 65.8 Å². The molecule has 3 aromatic carbocycles. The van der Waals surface area contributed by atoms with E-state index in [9.17, 15) is 9.90 Å². The molecular weight excluding hydrogens is 304 g/mol. The van der Waals surface area contributed by atoms with Gasteiger partial charge in [-0.3, -0.25) is 5.43 Å². The number of hydrogen-bond donors (Lipinski definition) is 1. The first-order valence-electron chi connectivity index (χ1n) is 7.35. The maximum absolute atomic E-state index is 11.4. The Balaban J connectivity index is 1.92. The van der Waals surface area contributed by atoms with Gasteiger partial charge in [0.05, 0.1) is 25.0 Å². The molecule has 0 fully saturated rings. The molecule has 0 amide bonds. The van der Waals surface area contributed by atoms with Gasteiger partial charge >= 0.3 is 0 Å². The lowest BCUT2D eigenvalue weighted by Gasteiger charge is -2.10. The first kappa shape index (κ1) is 15.6. The van der Waals surface area contributed by atoms with Gasteiger partial charge < -0.3 is 14.6 Å². The average molecular weight is 319 g/mol. The Kier molecular flexibility index (Phi) is 4.43. The minimum absolute atomic E-state index is 0.106. The summed E-state index contributed by atoms with van der Waals surface area (Å²) in [5.74, 6) is -0.482. The van der Waals surface area contributed by atoms with Gasteiger partial charge in [0.2, 0.25) is 0 Å². The van der Waals surface area contributed by atoms with Gasteiger partial charge in [0.15, 0.2) is 0 Å². The van der Waals surface area contributed by atoms with Gasteiger partial charge in [-0.05, 0) is 35.0 Å². The molecule has 0 spiro atoms. The lowest BCUT2D eigenvalue weighted by Crippen LogP contribution is -2.23. The van der Waals surface area contributed by atoms with Crippen LogP contribution in [0.3, 0.4) is 0 Å². The van der Waals surface area contributed by atoms with Gasteiger partial charge in [0, 0.05) is 11.1 Å². The molecule has 0 aliphatic rings. The summed E-state index contributed by atoms with van der Waals surface area (Å²) in [6.07, 6.45) is 1.50. The van der Waals surface area contributed by atoms with E-state index >= 15 is 0 Å². The third-order valence-electron chi connectivity index (χ3n) is 3.67. The van der Waals surface area contributed by atoms with Crippen LogP contribution in [0.2, 0.25) is 0 Å². The molecule has 120 valence electrons. The van der Waals surface area contributed by atoms with E-state index < -0.39 is 5.97 Å². The summed E-state index contributed by atoms with van der Waals surface area (Å²) in [6, 6.07) is 18.1. The molecule has 0 bridgehead atoms. The highest BCUT2D eigenvalue weighted by Gasteiger charge is 2.06.